The summed E-state index contributed by atoms with van der Waals surface area (Å²) in [5.41, 5.74) is 3.25. The lowest BCUT2D eigenvalue weighted by molar-refractivity contribution is 0.225. The third-order valence-electron chi connectivity index (χ3n) is 5.10. The van der Waals surface area contributed by atoms with E-state index >= 15 is 0 Å². The number of nitriles is 1. The van der Waals surface area contributed by atoms with Crippen molar-refractivity contribution in [1.29, 1.82) is 5.26 Å². The first-order chi connectivity index (χ1) is 12.1. The number of nitrogens with zero attached hydrogens (tertiary/aromatic N) is 2. The maximum absolute atomic E-state index is 9.01. The van der Waals surface area contributed by atoms with E-state index in [4.69, 9.17) is 10.00 Å². The largest absolute Gasteiger partial charge is 0.493 e. The highest BCUT2D eigenvalue weighted by Crippen LogP contribution is 2.24. The molecule has 0 radical (unpaired) electrons. The van der Waals surface area contributed by atoms with Crippen LogP contribution in [0.3, 0.4) is 0 Å². The van der Waals surface area contributed by atoms with Gasteiger partial charge in [-0.2, -0.15) is 5.26 Å². The summed E-state index contributed by atoms with van der Waals surface area (Å²) in [6.07, 6.45) is 0.994. The molecule has 0 saturated carbocycles. The van der Waals surface area contributed by atoms with Gasteiger partial charge in [0, 0.05) is 25.6 Å². The van der Waals surface area contributed by atoms with Crippen molar-refractivity contribution < 1.29 is 4.74 Å². The second-order valence-electron chi connectivity index (χ2n) is 7.18. The summed E-state index contributed by atoms with van der Waals surface area (Å²) in [7, 11) is 0. The molecule has 0 aliphatic carbocycles. The molecule has 2 aromatic carbocycles. The minimum Gasteiger partial charge on any atom is -0.493 e. The van der Waals surface area contributed by atoms with Crippen LogP contribution in [0.1, 0.15) is 23.6 Å². The molecule has 3 heteroatoms. The van der Waals surface area contributed by atoms with E-state index in [0.717, 1.165) is 44.0 Å². The topological polar surface area (TPSA) is 36.3 Å². The number of likely N-dealkylation sites (tertiary alicyclic amines) is 1. The molecule has 2 aromatic rings. The Labute approximate surface area is 150 Å². The van der Waals surface area contributed by atoms with Crippen LogP contribution in [0.5, 0.6) is 5.75 Å². The van der Waals surface area contributed by atoms with Crippen molar-refractivity contribution in [1.82, 2.24) is 4.90 Å². The molecule has 1 aliphatic heterocycles. The highest BCUT2D eigenvalue weighted by Gasteiger charge is 2.29. The van der Waals surface area contributed by atoms with Crippen molar-refractivity contribution in [3.63, 3.8) is 0 Å². The van der Waals surface area contributed by atoms with Crippen molar-refractivity contribution >= 4 is 0 Å². The number of ether oxygens (including phenoxy) is 1. The summed E-state index contributed by atoms with van der Waals surface area (Å²) in [4.78, 5) is 2.52. The fourth-order valence-corrected chi connectivity index (χ4v) is 3.46. The van der Waals surface area contributed by atoms with Crippen LogP contribution in [0.2, 0.25) is 0 Å². The third kappa shape index (κ3) is 4.84. The van der Waals surface area contributed by atoms with Gasteiger partial charge >= 0.3 is 0 Å². The van der Waals surface area contributed by atoms with Crippen molar-refractivity contribution in [3.05, 3.63) is 65.2 Å². The quantitative estimate of drug-likeness (QED) is 0.799. The second kappa shape index (κ2) is 8.18. The number of hydrogen-bond acceptors (Lipinski definition) is 3. The van der Waals surface area contributed by atoms with Crippen LogP contribution in [0.25, 0.3) is 0 Å². The van der Waals surface area contributed by atoms with Gasteiger partial charge in [0.1, 0.15) is 5.75 Å². The average Bonchev–Trinajstić information content (AvgIpc) is 2.99. The zero-order valence-electron chi connectivity index (χ0n) is 15.1. The van der Waals surface area contributed by atoms with E-state index in [1.165, 1.54) is 11.1 Å². The molecule has 2 atom stereocenters. The maximum atomic E-state index is 9.01. The highest BCUT2D eigenvalue weighted by atomic mass is 16.5. The van der Waals surface area contributed by atoms with Crippen LogP contribution in [-0.4, -0.2) is 31.1 Å². The number of rotatable bonds is 6. The Morgan fingerprint density at radius 2 is 1.96 bits per heavy atom. The Hall–Kier alpha value is -2.31. The summed E-state index contributed by atoms with van der Waals surface area (Å²) in [5, 5.41) is 9.01. The highest BCUT2D eigenvalue weighted by molar-refractivity contribution is 5.32. The van der Waals surface area contributed by atoms with Crippen LogP contribution in [-0.2, 0) is 6.42 Å². The Morgan fingerprint density at radius 3 is 2.72 bits per heavy atom. The van der Waals surface area contributed by atoms with E-state index in [2.05, 4.69) is 55.1 Å². The molecule has 130 valence electrons. The van der Waals surface area contributed by atoms with Crippen LogP contribution < -0.4 is 4.74 Å². The minimum absolute atomic E-state index is 0.576. The summed E-state index contributed by atoms with van der Waals surface area (Å²) >= 11 is 0. The fraction of sp³-hybridized carbons (Fsp3) is 0.409. The molecule has 0 N–H and O–H groups in total. The molecule has 1 aliphatic rings. The first-order valence-corrected chi connectivity index (χ1v) is 9.05. The molecule has 0 spiro atoms. The van der Waals surface area contributed by atoms with E-state index in [1.807, 2.05) is 18.2 Å². The van der Waals surface area contributed by atoms with Gasteiger partial charge < -0.3 is 9.64 Å². The zero-order valence-corrected chi connectivity index (χ0v) is 15.1. The lowest BCUT2D eigenvalue weighted by Gasteiger charge is -2.17. The molecule has 1 fully saturated rings. The molecule has 0 bridgehead atoms. The number of benzene rings is 2. The van der Waals surface area contributed by atoms with Gasteiger partial charge in [-0.3, -0.25) is 0 Å². The molecule has 1 saturated heterocycles. The fourth-order valence-electron chi connectivity index (χ4n) is 3.46. The van der Waals surface area contributed by atoms with E-state index in [-0.39, 0.29) is 0 Å². The van der Waals surface area contributed by atoms with Gasteiger partial charge in [0.2, 0.25) is 0 Å². The van der Waals surface area contributed by atoms with Crippen LogP contribution in [0, 0.1) is 30.1 Å². The molecule has 0 amide bonds. The molecular formula is C22H26N2O. The Morgan fingerprint density at radius 1 is 1.16 bits per heavy atom. The van der Waals surface area contributed by atoms with Gasteiger partial charge in [-0.05, 0) is 49.1 Å². The Kier molecular flexibility index (Phi) is 5.73. The smallest absolute Gasteiger partial charge is 0.119 e. The first kappa shape index (κ1) is 17.5. The van der Waals surface area contributed by atoms with Gasteiger partial charge in [0.25, 0.3) is 0 Å². The van der Waals surface area contributed by atoms with Crippen LogP contribution >= 0.6 is 0 Å². The van der Waals surface area contributed by atoms with E-state index in [9.17, 15) is 0 Å². The van der Waals surface area contributed by atoms with Gasteiger partial charge in [-0.15, -0.1) is 0 Å². The van der Waals surface area contributed by atoms with E-state index in [0.29, 0.717) is 11.8 Å². The van der Waals surface area contributed by atoms with Crippen molar-refractivity contribution in [3.8, 4) is 11.8 Å². The van der Waals surface area contributed by atoms with E-state index < -0.39 is 0 Å². The molecule has 3 rings (SSSR count). The van der Waals surface area contributed by atoms with Gasteiger partial charge in [0.15, 0.2) is 0 Å². The van der Waals surface area contributed by atoms with Crippen molar-refractivity contribution in [2.45, 2.75) is 20.3 Å². The lowest BCUT2D eigenvalue weighted by atomic mass is 9.99. The van der Waals surface area contributed by atoms with Gasteiger partial charge in [0.05, 0.1) is 18.2 Å². The molecule has 0 unspecified atom stereocenters. The zero-order chi connectivity index (χ0) is 17.6. The van der Waals surface area contributed by atoms with Gasteiger partial charge in [-0.25, -0.2) is 0 Å². The van der Waals surface area contributed by atoms with Crippen molar-refractivity contribution in [2.24, 2.45) is 11.8 Å². The molecule has 25 heavy (non-hydrogen) atoms. The Bertz CT molecular complexity index is 732. The predicted octanol–water partition coefficient (Wildman–Crippen LogP) is 4.06. The lowest BCUT2D eigenvalue weighted by Crippen LogP contribution is -2.24. The summed E-state index contributed by atoms with van der Waals surface area (Å²) in [6.45, 7) is 8.45. The second-order valence-corrected chi connectivity index (χ2v) is 7.18. The monoisotopic (exact) mass is 334 g/mol. The molecule has 0 aromatic heterocycles. The van der Waals surface area contributed by atoms with Crippen LogP contribution in [0.15, 0.2) is 48.5 Å². The van der Waals surface area contributed by atoms with E-state index in [1.54, 1.807) is 0 Å². The molecular weight excluding hydrogens is 308 g/mol. The SMILES string of the molecule is Cc1ccc(OC[C@@H]2CN(CCc3cccc(C#N)c3)C[C@H]2C)cc1. The minimum atomic E-state index is 0.576. The van der Waals surface area contributed by atoms with Crippen molar-refractivity contribution in [2.75, 3.05) is 26.2 Å². The summed E-state index contributed by atoms with van der Waals surface area (Å²) in [5.74, 6) is 2.19. The Balaban J connectivity index is 1.47. The normalized spacial score (nSPS) is 20.4. The first-order valence-electron chi connectivity index (χ1n) is 9.05. The van der Waals surface area contributed by atoms with Crippen LogP contribution in [0.4, 0.5) is 0 Å². The number of hydrogen-bond donors (Lipinski definition) is 0. The standard InChI is InChI=1S/C22H26N2O/c1-17-6-8-22(9-7-17)25-16-21-15-24(14-18(21)2)11-10-19-4-3-5-20(12-19)13-23/h3-9,12,18,21H,10-11,14-16H2,1-2H3/t18-,21+/m1/s1. The predicted molar refractivity (Wildman–Crippen MR) is 101 cm³/mol. The average molecular weight is 334 g/mol. The molecule has 3 nitrogen and oxygen atoms in total. The maximum Gasteiger partial charge on any atom is 0.119 e. The summed E-state index contributed by atoms with van der Waals surface area (Å²) in [6, 6.07) is 18.4. The third-order valence-corrected chi connectivity index (χ3v) is 5.10. The summed E-state index contributed by atoms with van der Waals surface area (Å²) < 4.78 is 5.99. The number of aryl methyl sites for hydroxylation is 1. The van der Waals surface area contributed by atoms with Gasteiger partial charge in [-0.1, -0.05) is 36.8 Å². The molecule has 1 heterocycles.